The number of fused-ring (bicyclic) bond motifs is 2. The van der Waals surface area contributed by atoms with Crippen LogP contribution in [0.15, 0.2) is 95.5 Å². The van der Waals surface area contributed by atoms with Gasteiger partial charge in [-0.05, 0) is 66.1 Å². The van der Waals surface area contributed by atoms with E-state index in [1.165, 1.54) is 5.56 Å². The van der Waals surface area contributed by atoms with Crippen molar-refractivity contribution in [3.63, 3.8) is 0 Å². The minimum atomic E-state index is -1.25. The summed E-state index contributed by atoms with van der Waals surface area (Å²) in [7, 11) is 0. The molecule has 2 aromatic carbocycles. The van der Waals surface area contributed by atoms with Crippen molar-refractivity contribution in [2.75, 3.05) is 0 Å². The third kappa shape index (κ3) is 7.01. The highest BCUT2D eigenvalue weighted by Crippen LogP contribution is 2.23. The highest BCUT2D eigenvalue weighted by atomic mass is 35.5. The molecule has 2 unspecified atom stereocenters. The maximum Gasteiger partial charge on any atom is 0.322 e. The first-order valence-electron chi connectivity index (χ1n) is 12.6. The van der Waals surface area contributed by atoms with Gasteiger partial charge in [-0.3, -0.25) is 19.9 Å². The van der Waals surface area contributed by atoms with E-state index in [1.807, 2.05) is 42.5 Å². The SMILES string of the molecule is CC(C)c1ccc2nc([S+]([O-])Cc3ccccn3)[nH]c2c1.[O-][S+](Cc1ccccn1)c1nc2ccc(Cl)cc2[nH]1. The minimum Gasteiger partial charge on any atom is -0.609 e. The molecule has 0 spiro atoms. The van der Waals surface area contributed by atoms with Crippen LogP contribution in [0.5, 0.6) is 0 Å². The van der Waals surface area contributed by atoms with Crippen molar-refractivity contribution in [2.24, 2.45) is 0 Å². The number of aromatic nitrogens is 6. The molecule has 6 aromatic rings. The number of aromatic amines is 2. The Labute approximate surface area is 243 Å². The Hall–Kier alpha value is -3.41. The van der Waals surface area contributed by atoms with Gasteiger partial charge in [0.05, 0.1) is 33.5 Å². The van der Waals surface area contributed by atoms with Crippen LogP contribution in [0, 0.1) is 0 Å². The van der Waals surface area contributed by atoms with E-state index in [0.29, 0.717) is 32.8 Å². The van der Waals surface area contributed by atoms with Gasteiger partial charge in [-0.25, -0.2) is 0 Å². The molecule has 0 amide bonds. The van der Waals surface area contributed by atoms with Crippen LogP contribution in [0.1, 0.15) is 36.7 Å². The van der Waals surface area contributed by atoms with Crippen molar-refractivity contribution >= 4 is 56.0 Å². The van der Waals surface area contributed by atoms with Crippen LogP contribution in [0.25, 0.3) is 22.1 Å². The number of hydrogen-bond donors (Lipinski definition) is 2. The van der Waals surface area contributed by atoms with Gasteiger partial charge in [0, 0.05) is 39.8 Å². The molecule has 0 fully saturated rings. The summed E-state index contributed by atoms with van der Waals surface area (Å²) in [6.07, 6.45) is 3.39. The van der Waals surface area contributed by atoms with Crippen molar-refractivity contribution < 1.29 is 9.11 Å². The number of H-pyrrole nitrogens is 2. The average molecular weight is 591 g/mol. The lowest BCUT2D eigenvalue weighted by Gasteiger charge is -2.05. The van der Waals surface area contributed by atoms with Crippen molar-refractivity contribution in [3.05, 3.63) is 107 Å². The van der Waals surface area contributed by atoms with Crippen molar-refractivity contribution in [1.29, 1.82) is 0 Å². The second-order valence-electron chi connectivity index (χ2n) is 9.30. The van der Waals surface area contributed by atoms with Crippen molar-refractivity contribution in [1.82, 2.24) is 29.9 Å². The number of pyridine rings is 2. The molecule has 4 heterocycles. The number of imidazole rings is 2. The number of halogens is 1. The molecule has 0 aliphatic rings. The summed E-state index contributed by atoms with van der Waals surface area (Å²) in [5.41, 5.74) is 6.16. The Bertz CT molecular complexity index is 1700. The van der Waals surface area contributed by atoms with Gasteiger partial charge in [0.2, 0.25) is 0 Å². The maximum atomic E-state index is 12.4. The molecular formula is C29H27ClN6O2S2. The van der Waals surface area contributed by atoms with E-state index in [0.717, 1.165) is 33.5 Å². The molecule has 0 saturated heterocycles. The first-order valence-corrected chi connectivity index (χ1v) is 15.6. The largest absolute Gasteiger partial charge is 0.609 e. The molecule has 2 atom stereocenters. The molecule has 40 heavy (non-hydrogen) atoms. The Morgan fingerprint density at radius 1 is 0.725 bits per heavy atom. The standard InChI is InChI=1S/C16H17N3OS.C13H10ClN3OS/c1-11(2)12-6-7-14-15(9-12)19-16(18-14)21(20)10-13-5-3-4-8-17-13;14-9-4-5-11-12(7-9)17-13(16-11)19(18)8-10-3-1-2-6-15-10/h3-9,11H,10H2,1-2H3,(H,18,19);1-7H,8H2,(H,16,17). The van der Waals surface area contributed by atoms with E-state index < -0.39 is 22.4 Å². The van der Waals surface area contributed by atoms with E-state index in [-0.39, 0.29) is 0 Å². The predicted octanol–water partition coefficient (Wildman–Crippen LogP) is 6.31. The number of hydrogen-bond acceptors (Lipinski definition) is 6. The van der Waals surface area contributed by atoms with Gasteiger partial charge in [-0.2, -0.15) is 9.97 Å². The van der Waals surface area contributed by atoms with Crippen LogP contribution < -0.4 is 0 Å². The van der Waals surface area contributed by atoms with Gasteiger partial charge >= 0.3 is 10.3 Å². The van der Waals surface area contributed by atoms with Crippen LogP contribution in [0.3, 0.4) is 0 Å². The van der Waals surface area contributed by atoms with Gasteiger partial charge in [0.1, 0.15) is 0 Å². The summed E-state index contributed by atoms with van der Waals surface area (Å²) in [5, 5.41) is 1.58. The molecule has 0 radical (unpaired) electrons. The fourth-order valence-corrected chi connectivity index (χ4v) is 6.08. The van der Waals surface area contributed by atoms with Gasteiger partial charge in [-0.15, -0.1) is 0 Å². The highest BCUT2D eigenvalue weighted by Gasteiger charge is 2.19. The Morgan fingerprint density at radius 2 is 1.25 bits per heavy atom. The first-order chi connectivity index (χ1) is 19.4. The number of benzene rings is 2. The summed E-state index contributed by atoms with van der Waals surface area (Å²) in [5.74, 6) is 1.17. The molecule has 11 heteroatoms. The molecule has 2 N–H and O–H groups in total. The fraction of sp³-hybridized carbons (Fsp3) is 0.172. The maximum absolute atomic E-state index is 12.4. The first kappa shape index (κ1) is 28.1. The van der Waals surface area contributed by atoms with E-state index in [9.17, 15) is 9.11 Å². The summed E-state index contributed by atoms with van der Waals surface area (Å²) in [4.78, 5) is 23.3. The van der Waals surface area contributed by atoms with E-state index in [1.54, 1.807) is 30.6 Å². The fourth-order valence-electron chi connectivity index (χ4n) is 3.91. The molecular weight excluding hydrogens is 564 g/mol. The van der Waals surface area contributed by atoms with Crippen LogP contribution in [0.4, 0.5) is 0 Å². The minimum absolute atomic E-state index is 0.342. The van der Waals surface area contributed by atoms with Crippen LogP contribution in [-0.2, 0) is 33.9 Å². The third-order valence-corrected chi connectivity index (χ3v) is 8.61. The summed E-state index contributed by atoms with van der Waals surface area (Å²) in [6.45, 7) is 4.30. The van der Waals surface area contributed by atoms with E-state index in [2.05, 4.69) is 55.9 Å². The lowest BCUT2D eigenvalue weighted by molar-refractivity contribution is 0.586. The monoisotopic (exact) mass is 590 g/mol. The van der Waals surface area contributed by atoms with Gasteiger partial charge in [0.25, 0.3) is 0 Å². The zero-order valence-electron chi connectivity index (χ0n) is 21.9. The Kier molecular flexibility index (Phi) is 9.03. The van der Waals surface area contributed by atoms with Gasteiger partial charge in [0.15, 0.2) is 11.5 Å². The normalized spacial score (nSPS) is 12.8. The highest BCUT2D eigenvalue weighted by molar-refractivity contribution is 7.90. The van der Waals surface area contributed by atoms with Gasteiger partial charge < -0.3 is 9.11 Å². The number of nitrogens with zero attached hydrogens (tertiary/aromatic N) is 4. The number of nitrogens with one attached hydrogen (secondary N) is 2. The second kappa shape index (κ2) is 12.8. The van der Waals surface area contributed by atoms with Crippen molar-refractivity contribution in [2.45, 2.75) is 41.6 Å². The van der Waals surface area contributed by atoms with E-state index >= 15 is 0 Å². The molecule has 4 aromatic heterocycles. The third-order valence-electron chi connectivity index (χ3n) is 6.01. The molecule has 0 aliphatic heterocycles. The molecule has 0 bridgehead atoms. The molecule has 0 aliphatic carbocycles. The topological polar surface area (TPSA) is 129 Å². The lowest BCUT2D eigenvalue weighted by atomic mass is 10.0. The molecule has 6 rings (SSSR count). The van der Waals surface area contributed by atoms with Crippen LogP contribution in [-0.4, -0.2) is 39.0 Å². The predicted molar refractivity (Wildman–Crippen MR) is 160 cm³/mol. The van der Waals surface area contributed by atoms with Crippen molar-refractivity contribution in [3.8, 4) is 0 Å². The zero-order valence-corrected chi connectivity index (χ0v) is 24.3. The Morgan fingerprint density at radius 3 is 1.75 bits per heavy atom. The molecule has 8 nitrogen and oxygen atoms in total. The quantitative estimate of drug-likeness (QED) is 0.210. The average Bonchev–Trinajstić information content (AvgIpc) is 3.58. The second-order valence-corrected chi connectivity index (χ2v) is 12.5. The Balaban J connectivity index is 0.000000162. The lowest BCUT2D eigenvalue weighted by Crippen LogP contribution is -2.07. The van der Waals surface area contributed by atoms with Crippen LogP contribution in [0.2, 0.25) is 5.02 Å². The zero-order chi connectivity index (χ0) is 28.1. The van der Waals surface area contributed by atoms with Gasteiger partial charge in [-0.1, -0.05) is 43.6 Å². The summed E-state index contributed by atoms with van der Waals surface area (Å²) >= 11 is 3.44. The van der Waals surface area contributed by atoms with E-state index in [4.69, 9.17) is 11.6 Å². The number of rotatable bonds is 7. The summed E-state index contributed by atoms with van der Waals surface area (Å²) < 4.78 is 24.6. The smallest absolute Gasteiger partial charge is 0.322 e. The molecule has 204 valence electrons. The van der Waals surface area contributed by atoms with Crippen LogP contribution >= 0.6 is 11.6 Å². The summed E-state index contributed by atoms with van der Waals surface area (Å²) in [6, 6.07) is 22.6. The molecule has 0 saturated carbocycles.